The van der Waals surface area contributed by atoms with Gasteiger partial charge < -0.3 is 0 Å². The van der Waals surface area contributed by atoms with Crippen LogP contribution >= 0.6 is 0 Å². The van der Waals surface area contributed by atoms with Crippen molar-refractivity contribution in [3.63, 3.8) is 0 Å². The predicted molar refractivity (Wildman–Crippen MR) is 151 cm³/mol. The molecule has 0 aliphatic rings. The van der Waals surface area contributed by atoms with Crippen LogP contribution in [0.2, 0.25) is 0 Å². The van der Waals surface area contributed by atoms with E-state index >= 15 is 0 Å². The van der Waals surface area contributed by atoms with Gasteiger partial charge in [0.15, 0.2) is 5.82 Å². The third-order valence-corrected chi connectivity index (χ3v) is 6.36. The molecule has 0 aliphatic heterocycles. The molecule has 0 amide bonds. The lowest BCUT2D eigenvalue weighted by molar-refractivity contribution is 0.590. The zero-order chi connectivity index (χ0) is 25.0. The summed E-state index contributed by atoms with van der Waals surface area (Å²) in [6, 6.07) is 42.5. The molecule has 0 radical (unpaired) electrons. The Morgan fingerprint density at radius 1 is 0.556 bits per heavy atom. The van der Waals surface area contributed by atoms with Crippen molar-refractivity contribution in [1.29, 1.82) is 0 Å². The van der Waals surface area contributed by atoms with Gasteiger partial charge in [-0.05, 0) is 51.9 Å². The Morgan fingerprint density at radius 2 is 1.11 bits per heavy atom. The molecule has 36 heavy (non-hydrogen) atoms. The van der Waals surface area contributed by atoms with Crippen LogP contribution in [0.1, 0.15) is 26.3 Å². The van der Waals surface area contributed by atoms with Gasteiger partial charge in [-0.3, -0.25) is 9.67 Å². The van der Waals surface area contributed by atoms with Crippen molar-refractivity contribution in [2.75, 3.05) is 0 Å². The predicted octanol–water partition coefficient (Wildman–Crippen LogP) is 8.62. The highest BCUT2D eigenvalue weighted by Crippen LogP contribution is 2.31. The monoisotopic (exact) mass is 469 g/mol. The molecule has 0 atom stereocenters. The van der Waals surface area contributed by atoms with Crippen LogP contribution < -0.4 is 0 Å². The van der Waals surface area contributed by atoms with Crippen LogP contribution in [0.25, 0.3) is 39.5 Å². The highest BCUT2D eigenvalue weighted by atomic mass is 15.2. The highest BCUT2D eigenvalue weighted by molar-refractivity contribution is 5.71. The summed E-state index contributed by atoms with van der Waals surface area (Å²) < 4.78 is 2.22. The first kappa shape index (κ1) is 23.4. The molecule has 1 N–H and O–H groups in total. The summed E-state index contributed by atoms with van der Waals surface area (Å²) in [5.74, 6) is 0.830. The van der Waals surface area contributed by atoms with Gasteiger partial charge in [0.1, 0.15) is 0 Å². The molecular formula is C33H31N3. The molecule has 1 heterocycles. The topological polar surface area (TPSA) is 33.6 Å². The van der Waals surface area contributed by atoms with Crippen molar-refractivity contribution >= 4 is 0 Å². The minimum atomic E-state index is 0.101. The van der Waals surface area contributed by atoms with E-state index in [9.17, 15) is 0 Å². The Morgan fingerprint density at radius 3 is 1.75 bits per heavy atom. The first-order valence-electron chi connectivity index (χ1n) is 12.3. The van der Waals surface area contributed by atoms with Crippen LogP contribution in [0, 0.1) is 0 Å². The number of benzene rings is 4. The van der Waals surface area contributed by atoms with Crippen molar-refractivity contribution in [2.24, 2.45) is 0 Å². The third-order valence-electron chi connectivity index (χ3n) is 6.36. The summed E-state index contributed by atoms with van der Waals surface area (Å²) in [7, 11) is 0. The minimum Gasteiger partial charge on any atom is -0.293 e. The van der Waals surface area contributed by atoms with Crippen LogP contribution in [0.15, 0.2) is 128 Å². The molecule has 4 aromatic carbocycles. The SMILES string of the molecule is CC(C)(C)c1ccc(-c2ccc[nH]nc(-c3ccc(-c4ccccc4)cc3)n2-c2ccccc2)cc1. The Bertz CT molecular complexity index is 1470. The maximum absolute atomic E-state index is 4.81. The number of rotatable bonds is 4. The van der Waals surface area contributed by atoms with Crippen LogP contribution in [0.3, 0.4) is 0 Å². The summed E-state index contributed by atoms with van der Waals surface area (Å²) in [5, 5.41) is 7.92. The van der Waals surface area contributed by atoms with E-state index in [0.717, 1.165) is 28.3 Å². The Labute approximate surface area is 213 Å². The molecule has 0 spiro atoms. The second kappa shape index (κ2) is 10.1. The average Bonchev–Trinajstić information content (AvgIpc) is 2.90. The molecule has 0 saturated heterocycles. The molecule has 3 nitrogen and oxygen atoms in total. The van der Waals surface area contributed by atoms with Gasteiger partial charge >= 0.3 is 0 Å². The summed E-state index contributed by atoms with van der Waals surface area (Å²) in [4.78, 5) is 0. The number of nitrogens with one attached hydrogen (secondary N) is 1. The first-order chi connectivity index (χ1) is 17.5. The number of hydrogen-bond donors (Lipinski definition) is 1. The number of hydrogen-bond acceptors (Lipinski definition) is 1. The quantitative estimate of drug-likeness (QED) is 0.281. The van der Waals surface area contributed by atoms with E-state index in [1.165, 1.54) is 16.7 Å². The van der Waals surface area contributed by atoms with Crippen molar-refractivity contribution < 1.29 is 0 Å². The molecule has 0 fully saturated rings. The summed E-state index contributed by atoms with van der Waals surface area (Å²) in [6.45, 7) is 6.73. The van der Waals surface area contributed by atoms with Gasteiger partial charge in [-0.1, -0.05) is 118 Å². The number of aromatic amines is 1. The smallest absolute Gasteiger partial charge is 0.165 e. The fourth-order valence-corrected chi connectivity index (χ4v) is 4.36. The molecule has 178 valence electrons. The number of aromatic nitrogens is 3. The Kier molecular flexibility index (Phi) is 6.55. The molecule has 0 saturated carbocycles. The van der Waals surface area contributed by atoms with E-state index in [1.54, 1.807) is 0 Å². The molecule has 3 heteroatoms. The van der Waals surface area contributed by atoms with E-state index in [1.807, 2.05) is 24.4 Å². The van der Waals surface area contributed by atoms with Crippen LogP contribution in [0.5, 0.6) is 0 Å². The zero-order valence-electron chi connectivity index (χ0n) is 21.0. The van der Waals surface area contributed by atoms with Gasteiger partial charge in [0.05, 0.1) is 5.69 Å². The third kappa shape index (κ3) is 5.01. The number of nitrogens with zero attached hydrogens (tertiary/aromatic N) is 2. The Hall–Kier alpha value is -4.37. The van der Waals surface area contributed by atoms with Crippen molar-refractivity contribution in [1.82, 2.24) is 14.8 Å². The zero-order valence-corrected chi connectivity index (χ0v) is 21.0. The fourth-order valence-electron chi connectivity index (χ4n) is 4.36. The largest absolute Gasteiger partial charge is 0.293 e. The van der Waals surface area contributed by atoms with E-state index in [2.05, 4.69) is 134 Å². The number of H-pyrrole nitrogens is 1. The summed E-state index contributed by atoms with van der Waals surface area (Å²) in [6.07, 6.45) is 1.87. The van der Waals surface area contributed by atoms with Gasteiger partial charge in [-0.25, -0.2) is 0 Å². The lowest BCUT2D eigenvalue weighted by atomic mass is 9.86. The lowest BCUT2D eigenvalue weighted by Crippen LogP contribution is -2.10. The highest BCUT2D eigenvalue weighted by Gasteiger charge is 2.15. The van der Waals surface area contributed by atoms with Gasteiger partial charge in [-0.2, -0.15) is 5.10 Å². The second-order valence-electron chi connectivity index (χ2n) is 9.92. The van der Waals surface area contributed by atoms with E-state index in [4.69, 9.17) is 5.10 Å². The van der Waals surface area contributed by atoms with Crippen LogP contribution in [0.4, 0.5) is 0 Å². The van der Waals surface area contributed by atoms with Gasteiger partial charge in [0.25, 0.3) is 0 Å². The fraction of sp³-hybridized carbons (Fsp3) is 0.121. The van der Waals surface area contributed by atoms with E-state index in [0.29, 0.717) is 0 Å². The molecule has 0 bridgehead atoms. The molecule has 5 aromatic rings. The normalized spacial score (nSPS) is 11.2. The number of para-hydroxylation sites is 1. The van der Waals surface area contributed by atoms with Crippen molar-refractivity contribution in [3.8, 4) is 39.5 Å². The van der Waals surface area contributed by atoms with E-state index in [-0.39, 0.29) is 5.41 Å². The molecule has 0 aliphatic carbocycles. The van der Waals surface area contributed by atoms with Crippen LogP contribution in [-0.4, -0.2) is 14.8 Å². The summed E-state index contributed by atoms with van der Waals surface area (Å²) in [5.41, 5.74) is 8.06. The van der Waals surface area contributed by atoms with E-state index < -0.39 is 0 Å². The van der Waals surface area contributed by atoms with Crippen molar-refractivity contribution in [2.45, 2.75) is 26.2 Å². The standard InChI is InChI=1S/C33H31N3/c1-33(2,3)29-22-20-27(21-23-29)31-15-10-24-34-35-32(36(31)30-13-8-5-9-14-30)28-18-16-26(17-19-28)25-11-6-4-7-12-25/h4-24,34H,1-3H3. The maximum atomic E-state index is 4.81. The van der Waals surface area contributed by atoms with Gasteiger partial charge in [0, 0.05) is 17.4 Å². The molecule has 0 unspecified atom stereocenters. The molecule has 5 rings (SSSR count). The van der Waals surface area contributed by atoms with Gasteiger partial charge in [-0.15, -0.1) is 0 Å². The van der Waals surface area contributed by atoms with Gasteiger partial charge in [0.2, 0.25) is 0 Å². The minimum absolute atomic E-state index is 0.101. The molecular weight excluding hydrogens is 438 g/mol. The molecule has 1 aromatic heterocycles. The van der Waals surface area contributed by atoms with Crippen LogP contribution in [-0.2, 0) is 5.41 Å². The summed E-state index contributed by atoms with van der Waals surface area (Å²) >= 11 is 0. The Balaban J connectivity index is 1.71. The maximum Gasteiger partial charge on any atom is 0.165 e. The second-order valence-corrected chi connectivity index (χ2v) is 9.92. The average molecular weight is 470 g/mol. The first-order valence-corrected chi connectivity index (χ1v) is 12.3. The van der Waals surface area contributed by atoms with Crippen molar-refractivity contribution in [3.05, 3.63) is 133 Å². The lowest BCUT2D eigenvalue weighted by Gasteiger charge is -2.21.